The van der Waals surface area contributed by atoms with Gasteiger partial charge < -0.3 is 15.4 Å². The number of fused-ring (bicyclic) bond motifs is 2. The molecule has 38 heavy (non-hydrogen) atoms. The minimum Gasteiger partial charge on any atom is -0.508 e. The van der Waals surface area contributed by atoms with Crippen LogP contribution in [0.25, 0.3) is 38.6 Å². The molecule has 3 aromatic carbocycles. The highest BCUT2D eigenvalue weighted by Gasteiger charge is 2.20. The van der Waals surface area contributed by atoms with Gasteiger partial charge in [0.25, 0.3) is 5.56 Å². The van der Waals surface area contributed by atoms with Gasteiger partial charge in [-0.1, -0.05) is 30.3 Å². The molecule has 3 heterocycles. The summed E-state index contributed by atoms with van der Waals surface area (Å²) in [7, 11) is 0. The Morgan fingerprint density at radius 1 is 0.974 bits per heavy atom. The van der Waals surface area contributed by atoms with Crippen molar-refractivity contribution in [1.29, 1.82) is 0 Å². The zero-order valence-corrected chi connectivity index (χ0v) is 20.2. The molecule has 0 radical (unpaired) electrons. The van der Waals surface area contributed by atoms with Crippen LogP contribution in [0.4, 0.5) is 14.6 Å². The number of nitrogens with zero attached hydrogens (tertiary/aromatic N) is 4. The van der Waals surface area contributed by atoms with Crippen molar-refractivity contribution in [2.45, 2.75) is 13.5 Å². The number of nitrogen functional groups attached to an aromatic ring is 1. The number of aryl methyl sites for hydroxylation is 1. The Morgan fingerprint density at radius 2 is 1.79 bits per heavy atom. The van der Waals surface area contributed by atoms with Crippen molar-refractivity contribution in [2.24, 2.45) is 0 Å². The summed E-state index contributed by atoms with van der Waals surface area (Å²) >= 11 is 0. The Labute approximate surface area is 215 Å². The molecule has 7 nitrogen and oxygen atoms in total. The van der Waals surface area contributed by atoms with Gasteiger partial charge in [-0.05, 0) is 53.8 Å². The van der Waals surface area contributed by atoms with E-state index in [2.05, 4.69) is 9.97 Å². The number of para-hydroxylation sites is 1. The molecular formula is C29H21F2N5O2. The van der Waals surface area contributed by atoms with Gasteiger partial charge in [0, 0.05) is 23.5 Å². The lowest BCUT2D eigenvalue weighted by atomic mass is 10.1. The van der Waals surface area contributed by atoms with Crippen LogP contribution in [-0.4, -0.2) is 24.2 Å². The third-order valence-corrected chi connectivity index (χ3v) is 6.63. The minimum atomic E-state index is -0.616. The number of halogens is 2. The summed E-state index contributed by atoms with van der Waals surface area (Å²) < 4.78 is 32.3. The average molecular weight is 510 g/mol. The standard InChI is InChI=1S/C29H21F2N5O2/c1-16-5-4-6-17-10-20(36(29(38)25(16)17)24-8-3-2-7-23(24)31)13-35-14-22(18-9-19(30)12-21(37)11-18)26-27(32)33-15-34-28(26)35/h2-12,14-15,37H,13H2,1H3,(H2,32,33,34). The number of nitrogens with two attached hydrogens (primary N) is 1. The molecule has 3 aromatic heterocycles. The van der Waals surface area contributed by atoms with Crippen molar-refractivity contribution in [1.82, 2.24) is 19.1 Å². The van der Waals surface area contributed by atoms with Gasteiger partial charge in [-0.3, -0.25) is 9.36 Å². The van der Waals surface area contributed by atoms with Crippen molar-refractivity contribution in [2.75, 3.05) is 5.73 Å². The lowest BCUT2D eigenvalue weighted by Crippen LogP contribution is -2.25. The molecule has 0 aliphatic heterocycles. The van der Waals surface area contributed by atoms with Crippen LogP contribution in [-0.2, 0) is 6.54 Å². The number of phenolic OH excluding ortho intramolecular Hbond substituents is 1. The maximum atomic E-state index is 15.0. The predicted molar refractivity (Wildman–Crippen MR) is 142 cm³/mol. The van der Waals surface area contributed by atoms with Gasteiger partial charge in [0.05, 0.1) is 23.0 Å². The third-order valence-electron chi connectivity index (χ3n) is 6.63. The van der Waals surface area contributed by atoms with Gasteiger partial charge in [-0.15, -0.1) is 0 Å². The monoisotopic (exact) mass is 509 g/mol. The van der Waals surface area contributed by atoms with E-state index in [4.69, 9.17) is 5.73 Å². The van der Waals surface area contributed by atoms with Crippen LogP contribution >= 0.6 is 0 Å². The highest BCUT2D eigenvalue weighted by atomic mass is 19.1. The first-order valence-electron chi connectivity index (χ1n) is 11.8. The summed E-state index contributed by atoms with van der Waals surface area (Å²) in [6.45, 7) is 1.95. The molecule has 3 N–H and O–H groups in total. The molecule has 0 spiro atoms. The molecule has 0 aliphatic rings. The summed E-state index contributed by atoms with van der Waals surface area (Å²) in [6, 6.07) is 17.2. The summed E-state index contributed by atoms with van der Waals surface area (Å²) in [5.74, 6) is -1.22. The Bertz CT molecular complexity index is 1920. The summed E-state index contributed by atoms with van der Waals surface area (Å²) in [4.78, 5) is 22.3. The van der Waals surface area contributed by atoms with Gasteiger partial charge in [0.1, 0.15) is 35.2 Å². The zero-order valence-electron chi connectivity index (χ0n) is 20.2. The lowest BCUT2D eigenvalue weighted by Gasteiger charge is -2.17. The normalized spacial score (nSPS) is 11.4. The predicted octanol–water partition coefficient (Wildman–Crippen LogP) is 5.33. The third kappa shape index (κ3) is 3.76. The van der Waals surface area contributed by atoms with Crippen LogP contribution in [0.5, 0.6) is 5.75 Å². The number of anilines is 1. The van der Waals surface area contributed by atoms with Gasteiger partial charge in [-0.25, -0.2) is 18.7 Å². The van der Waals surface area contributed by atoms with E-state index in [0.29, 0.717) is 33.2 Å². The lowest BCUT2D eigenvalue weighted by molar-refractivity contribution is 0.469. The molecule has 0 aliphatic carbocycles. The van der Waals surface area contributed by atoms with Gasteiger partial charge in [-0.2, -0.15) is 0 Å². The average Bonchev–Trinajstić information content (AvgIpc) is 3.24. The maximum absolute atomic E-state index is 15.0. The van der Waals surface area contributed by atoms with E-state index in [9.17, 15) is 14.3 Å². The first-order chi connectivity index (χ1) is 18.3. The van der Waals surface area contributed by atoms with Crippen LogP contribution in [0.15, 0.2) is 84.0 Å². The number of phenols is 1. The van der Waals surface area contributed by atoms with Gasteiger partial charge in [0.15, 0.2) is 0 Å². The van der Waals surface area contributed by atoms with Crippen LogP contribution in [0, 0.1) is 18.6 Å². The number of hydrogen-bond acceptors (Lipinski definition) is 5. The molecule has 9 heteroatoms. The summed E-state index contributed by atoms with van der Waals surface area (Å²) in [5.41, 5.74) is 8.59. The fraction of sp³-hybridized carbons (Fsp3) is 0.0690. The Hall–Kier alpha value is -5.05. The second-order valence-corrected chi connectivity index (χ2v) is 9.09. The second kappa shape index (κ2) is 8.81. The van der Waals surface area contributed by atoms with Gasteiger partial charge in [0.2, 0.25) is 0 Å². The molecule has 6 rings (SSSR count). The van der Waals surface area contributed by atoms with E-state index >= 15 is 4.39 Å². The fourth-order valence-corrected chi connectivity index (χ4v) is 4.99. The Morgan fingerprint density at radius 3 is 2.58 bits per heavy atom. The summed E-state index contributed by atoms with van der Waals surface area (Å²) in [5, 5.41) is 11.7. The Balaban J connectivity index is 1.63. The number of hydrogen-bond donors (Lipinski definition) is 2. The van der Waals surface area contributed by atoms with Crippen molar-refractivity contribution in [3.05, 3.63) is 112 Å². The largest absolute Gasteiger partial charge is 0.508 e. The van der Waals surface area contributed by atoms with Crippen molar-refractivity contribution >= 4 is 27.6 Å². The fourth-order valence-electron chi connectivity index (χ4n) is 4.99. The molecule has 0 bridgehead atoms. The number of aromatic hydroxyl groups is 1. The molecule has 0 fully saturated rings. The van der Waals surface area contributed by atoms with E-state index in [1.807, 2.05) is 31.2 Å². The number of pyridine rings is 1. The highest BCUT2D eigenvalue weighted by molar-refractivity contribution is 6.00. The van der Waals surface area contributed by atoms with Crippen LogP contribution in [0.2, 0.25) is 0 Å². The summed E-state index contributed by atoms with van der Waals surface area (Å²) in [6.07, 6.45) is 3.02. The van der Waals surface area contributed by atoms with E-state index < -0.39 is 11.6 Å². The van der Waals surface area contributed by atoms with Gasteiger partial charge >= 0.3 is 0 Å². The minimum absolute atomic E-state index is 0.113. The molecule has 0 unspecified atom stereocenters. The SMILES string of the molecule is Cc1cccc2cc(Cn3cc(-c4cc(O)cc(F)c4)c4c(N)ncnc43)n(-c3ccccc3F)c(=O)c12. The van der Waals surface area contributed by atoms with Crippen LogP contribution in [0.1, 0.15) is 11.3 Å². The molecule has 0 amide bonds. The molecular weight excluding hydrogens is 488 g/mol. The molecule has 6 aromatic rings. The van der Waals surface area contributed by atoms with Crippen LogP contribution in [0.3, 0.4) is 0 Å². The zero-order chi connectivity index (χ0) is 26.6. The first-order valence-corrected chi connectivity index (χ1v) is 11.8. The molecule has 188 valence electrons. The first kappa shape index (κ1) is 23.4. The molecule has 0 saturated carbocycles. The number of rotatable bonds is 4. The van der Waals surface area contributed by atoms with Crippen molar-refractivity contribution in [3.8, 4) is 22.6 Å². The maximum Gasteiger partial charge on any atom is 0.263 e. The quantitative estimate of drug-likeness (QED) is 0.335. The molecule has 0 saturated heterocycles. The smallest absolute Gasteiger partial charge is 0.263 e. The Kier molecular flexibility index (Phi) is 5.41. The topological polar surface area (TPSA) is 99.0 Å². The van der Waals surface area contributed by atoms with E-state index in [1.54, 1.807) is 29.0 Å². The van der Waals surface area contributed by atoms with E-state index in [0.717, 1.165) is 17.0 Å². The number of benzene rings is 3. The highest BCUT2D eigenvalue weighted by Crippen LogP contribution is 2.35. The number of aromatic nitrogens is 4. The van der Waals surface area contributed by atoms with E-state index in [-0.39, 0.29) is 29.4 Å². The second-order valence-electron chi connectivity index (χ2n) is 9.09. The van der Waals surface area contributed by atoms with Crippen molar-refractivity contribution < 1.29 is 13.9 Å². The molecule has 0 atom stereocenters. The van der Waals surface area contributed by atoms with Crippen molar-refractivity contribution in [3.63, 3.8) is 0 Å². The van der Waals surface area contributed by atoms with Crippen LogP contribution < -0.4 is 11.3 Å². The van der Waals surface area contributed by atoms with E-state index in [1.165, 1.54) is 29.1 Å².